The van der Waals surface area contributed by atoms with Crippen LogP contribution >= 0.6 is 0 Å². The van der Waals surface area contributed by atoms with Crippen LogP contribution in [0, 0.1) is 11.8 Å². The zero-order valence-electron chi connectivity index (χ0n) is 8.46. The van der Waals surface area contributed by atoms with Crippen LogP contribution in [-0.2, 0) is 0 Å². The van der Waals surface area contributed by atoms with Crippen LogP contribution in [0.15, 0.2) is 28.8 Å². The van der Waals surface area contributed by atoms with Crippen molar-refractivity contribution in [3.8, 4) is 0 Å². The fraction of sp³-hybridized carbons (Fsp3) is 0.583. The Kier molecular flexibility index (Phi) is 2.34. The van der Waals surface area contributed by atoms with Gasteiger partial charge in [0.1, 0.15) is 0 Å². The molecule has 0 aromatic carbocycles. The Bertz CT molecular complexity index is 283. The lowest BCUT2D eigenvalue weighted by Crippen LogP contribution is -2.07. The number of allylic oxidation sites excluding steroid dienone is 4. The molecule has 0 aromatic heterocycles. The summed E-state index contributed by atoms with van der Waals surface area (Å²) < 4.78 is 0. The standard InChI is InChI=1S/C12H17N/c1-9-5-6-12-11(8-10(9)2)4-3-7-13-12/h5-6,8-10H,3-4,7H2,1-2H3. The van der Waals surface area contributed by atoms with E-state index >= 15 is 0 Å². The van der Waals surface area contributed by atoms with Crippen LogP contribution in [-0.4, -0.2) is 12.3 Å². The normalized spacial score (nSPS) is 33.1. The molecule has 0 radical (unpaired) electrons. The highest BCUT2D eigenvalue weighted by Gasteiger charge is 2.16. The van der Waals surface area contributed by atoms with Gasteiger partial charge in [-0.3, -0.25) is 4.99 Å². The van der Waals surface area contributed by atoms with Gasteiger partial charge < -0.3 is 0 Å². The molecule has 0 amide bonds. The molecule has 0 saturated carbocycles. The second-order valence-corrected chi connectivity index (χ2v) is 4.14. The molecule has 0 aromatic rings. The number of aliphatic imine (C=N–C) groups is 1. The first kappa shape index (κ1) is 8.74. The van der Waals surface area contributed by atoms with Crippen molar-refractivity contribution in [1.29, 1.82) is 0 Å². The molecular formula is C12H17N. The lowest BCUT2D eigenvalue weighted by Gasteiger charge is -2.14. The van der Waals surface area contributed by atoms with E-state index in [-0.39, 0.29) is 0 Å². The van der Waals surface area contributed by atoms with Gasteiger partial charge in [-0.1, -0.05) is 26.0 Å². The number of fused-ring (bicyclic) bond motifs is 1. The summed E-state index contributed by atoms with van der Waals surface area (Å²) >= 11 is 0. The molecule has 1 aliphatic carbocycles. The number of hydrogen-bond donors (Lipinski definition) is 0. The highest BCUT2D eigenvalue weighted by atomic mass is 14.7. The molecule has 0 bridgehead atoms. The van der Waals surface area contributed by atoms with Crippen LogP contribution in [0.25, 0.3) is 0 Å². The Balaban J connectivity index is 2.35. The molecule has 0 spiro atoms. The predicted octanol–water partition coefficient (Wildman–Crippen LogP) is 2.99. The predicted molar refractivity (Wildman–Crippen MR) is 57.1 cm³/mol. The van der Waals surface area contributed by atoms with Crippen molar-refractivity contribution in [2.75, 3.05) is 6.54 Å². The Morgan fingerprint density at radius 3 is 3.00 bits per heavy atom. The summed E-state index contributed by atoms with van der Waals surface area (Å²) in [6, 6.07) is 0. The first-order valence-electron chi connectivity index (χ1n) is 5.21. The SMILES string of the molecule is CC1C=CC2=NCCCC2=CC1C. The quantitative estimate of drug-likeness (QED) is 0.536. The summed E-state index contributed by atoms with van der Waals surface area (Å²) in [5.41, 5.74) is 2.71. The fourth-order valence-corrected chi connectivity index (χ4v) is 1.91. The maximum Gasteiger partial charge on any atom is 0.0600 e. The molecule has 1 aliphatic heterocycles. The summed E-state index contributed by atoms with van der Waals surface area (Å²) in [5.74, 6) is 1.32. The van der Waals surface area contributed by atoms with Gasteiger partial charge in [0.05, 0.1) is 5.71 Å². The molecule has 2 unspecified atom stereocenters. The van der Waals surface area contributed by atoms with Crippen molar-refractivity contribution in [2.45, 2.75) is 26.7 Å². The van der Waals surface area contributed by atoms with Crippen LogP contribution in [0.1, 0.15) is 26.7 Å². The van der Waals surface area contributed by atoms with Crippen LogP contribution in [0.3, 0.4) is 0 Å². The molecule has 1 heteroatoms. The number of nitrogens with zero attached hydrogens (tertiary/aromatic N) is 1. The van der Waals surface area contributed by atoms with E-state index in [0.29, 0.717) is 11.8 Å². The van der Waals surface area contributed by atoms with Gasteiger partial charge in [0.15, 0.2) is 0 Å². The highest BCUT2D eigenvalue weighted by Crippen LogP contribution is 2.25. The molecule has 0 N–H and O–H groups in total. The largest absolute Gasteiger partial charge is 0.285 e. The minimum Gasteiger partial charge on any atom is -0.285 e. The Hall–Kier alpha value is -0.850. The van der Waals surface area contributed by atoms with Crippen molar-refractivity contribution in [3.05, 3.63) is 23.8 Å². The maximum atomic E-state index is 4.54. The van der Waals surface area contributed by atoms with E-state index in [0.717, 1.165) is 6.54 Å². The first-order valence-corrected chi connectivity index (χ1v) is 5.21. The molecule has 2 atom stereocenters. The van der Waals surface area contributed by atoms with E-state index < -0.39 is 0 Å². The van der Waals surface area contributed by atoms with Crippen molar-refractivity contribution in [1.82, 2.24) is 0 Å². The smallest absolute Gasteiger partial charge is 0.0600 e. The van der Waals surface area contributed by atoms with E-state index in [2.05, 4.69) is 37.1 Å². The lowest BCUT2D eigenvalue weighted by molar-refractivity contribution is 0.557. The number of hydrogen-bond acceptors (Lipinski definition) is 1. The van der Waals surface area contributed by atoms with E-state index in [4.69, 9.17) is 0 Å². The van der Waals surface area contributed by atoms with Gasteiger partial charge in [-0.2, -0.15) is 0 Å². The van der Waals surface area contributed by atoms with E-state index in [1.165, 1.54) is 24.1 Å². The number of rotatable bonds is 0. The van der Waals surface area contributed by atoms with Crippen LogP contribution in [0.4, 0.5) is 0 Å². The Morgan fingerprint density at radius 2 is 2.15 bits per heavy atom. The average Bonchev–Trinajstić information content (AvgIpc) is 2.28. The summed E-state index contributed by atoms with van der Waals surface area (Å²) in [7, 11) is 0. The van der Waals surface area contributed by atoms with E-state index in [1.54, 1.807) is 0 Å². The second kappa shape index (κ2) is 3.49. The van der Waals surface area contributed by atoms with Gasteiger partial charge in [0.25, 0.3) is 0 Å². The Morgan fingerprint density at radius 1 is 1.31 bits per heavy atom. The van der Waals surface area contributed by atoms with Crippen molar-refractivity contribution < 1.29 is 0 Å². The Labute approximate surface area is 80.3 Å². The first-order chi connectivity index (χ1) is 6.27. The van der Waals surface area contributed by atoms with Crippen LogP contribution in [0.2, 0.25) is 0 Å². The van der Waals surface area contributed by atoms with Gasteiger partial charge in [-0.05, 0) is 36.3 Å². The van der Waals surface area contributed by atoms with Crippen molar-refractivity contribution in [2.24, 2.45) is 16.8 Å². The molecule has 70 valence electrons. The molecule has 0 fully saturated rings. The molecule has 1 nitrogen and oxygen atoms in total. The highest BCUT2D eigenvalue weighted by molar-refractivity contribution is 6.09. The lowest BCUT2D eigenvalue weighted by atomic mass is 9.94. The minimum atomic E-state index is 0.654. The van der Waals surface area contributed by atoms with Crippen LogP contribution < -0.4 is 0 Å². The molecule has 13 heavy (non-hydrogen) atoms. The average molecular weight is 175 g/mol. The van der Waals surface area contributed by atoms with Crippen molar-refractivity contribution in [3.63, 3.8) is 0 Å². The maximum absolute atomic E-state index is 4.54. The summed E-state index contributed by atoms with van der Waals surface area (Å²) in [6.07, 6.45) is 9.35. The van der Waals surface area contributed by atoms with Gasteiger partial charge in [-0.25, -0.2) is 0 Å². The third-order valence-corrected chi connectivity index (χ3v) is 3.07. The third-order valence-electron chi connectivity index (χ3n) is 3.07. The zero-order valence-corrected chi connectivity index (χ0v) is 8.46. The molecular weight excluding hydrogens is 158 g/mol. The fourth-order valence-electron chi connectivity index (χ4n) is 1.91. The van der Waals surface area contributed by atoms with E-state index in [1.807, 2.05) is 0 Å². The monoisotopic (exact) mass is 175 g/mol. The van der Waals surface area contributed by atoms with Gasteiger partial charge in [0, 0.05) is 6.54 Å². The van der Waals surface area contributed by atoms with E-state index in [9.17, 15) is 0 Å². The zero-order chi connectivity index (χ0) is 9.26. The molecule has 0 saturated heterocycles. The van der Waals surface area contributed by atoms with Gasteiger partial charge in [-0.15, -0.1) is 0 Å². The molecule has 1 heterocycles. The summed E-state index contributed by atoms with van der Waals surface area (Å²) in [4.78, 5) is 4.54. The second-order valence-electron chi connectivity index (χ2n) is 4.14. The molecule has 2 aliphatic rings. The van der Waals surface area contributed by atoms with Crippen LogP contribution in [0.5, 0.6) is 0 Å². The topological polar surface area (TPSA) is 12.4 Å². The van der Waals surface area contributed by atoms with Gasteiger partial charge >= 0.3 is 0 Å². The molecule has 2 rings (SSSR count). The minimum absolute atomic E-state index is 0.654. The van der Waals surface area contributed by atoms with Gasteiger partial charge in [0.2, 0.25) is 0 Å². The van der Waals surface area contributed by atoms with Crippen molar-refractivity contribution >= 4 is 5.71 Å². The summed E-state index contributed by atoms with van der Waals surface area (Å²) in [5, 5.41) is 0. The summed E-state index contributed by atoms with van der Waals surface area (Å²) in [6.45, 7) is 5.58. The third kappa shape index (κ3) is 1.74.